The summed E-state index contributed by atoms with van der Waals surface area (Å²) in [5.74, 6) is -10.7. The number of methoxy groups -OCH3 is 2. The van der Waals surface area contributed by atoms with Crippen LogP contribution in [0.2, 0.25) is 0 Å². The molecule has 0 radical (unpaired) electrons. The maximum atomic E-state index is 13.8. The number of carbonyl (C=O) groups excluding carboxylic acids is 13. The Labute approximate surface area is 788 Å². The van der Waals surface area contributed by atoms with E-state index in [1.54, 1.807) is 51.3 Å². The summed E-state index contributed by atoms with van der Waals surface area (Å²) in [6, 6.07) is 14.5. The molecule has 2 fully saturated rings. The maximum absolute atomic E-state index is 13.8. The molecular formula is C94H114Cl2F12N8O20. The fraction of sp³-hybridized carbons (Fsp3) is 0.500. The Morgan fingerprint density at radius 3 is 1.23 bits per heavy atom. The molecule has 2 aromatic carbocycles. The number of rotatable bonds is 33. The Balaban J connectivity index is 0.000000471. The van der Waals surface area contributed by atoms with Crippen molar-refractivity contribution in [3.05, 3.63) is 157 Å². The predicted molar refractivity (Wildman–Crippen MR) is 479 cm³/mol. The highest BCUT2D eigenvalue weighted by Gasteiger charge is 2.43. The number of Topliss-reactive ketones (excluding diaryl/α,β-unsaturated/α-hetero) is 8. The largest absolute Gasteiger partial charge is 0.496 e. The van der Waals surface area contributed by atoms with Crippen molar-refractivity contribution in [1.82, 2.24) is 35.6 Å². The van der Waals surface area contributed by atoms with Gasteiger partial charge >= 0.3 is 48.6 Å². The number of nitrogens with one attached hydrogen (secondary N) is 4. The smallest absolute Gasteiger partial charge is 0.450 e. The number of allylic oxidation sites excluding steroid dienone is 1. The zero-order valence-corrected chi connectivity index (χ0v) is 79.5. The minimum Gasteiger partial charge on any atom is -0.496 e. The number of nitrogens with two attached hydrogens (primary N) is 1. The molecule has 2 amide bonds. The number of fused-ring (bicyclic) bond motifs is 2. The molecule has 0 bridgehead atoms. The molecule has 0 unspecified atom stereocenters. The summed E-state index contributed by atoms with van der Waals surface area (Å²) in [7, 11) is 3.10. The van der Waals surface area contributed by atoms with E-state index in [1.165, 1.54) is 61.7 Å². The van der Waals surface area contributed by atoms with Gasteiger partial charge in [-0.1, -0.05) is 52.7 Å². The Bertz CT molecular complexity index is 5430. The maximum Gasteiger partial charge on any atom is 0.450 e. The van der Waals surface area contributed by atoms with Gasteiger partial charge in [-0.25, -0.2) is 19.2 Å². The van der Waals surface area contributed by atoms with Crippen LogP contribution in [-0.2, 0) is 75.9 Å². The third kappa shape index (κ3) is 37.3. The highest BCUT2D eigenvalue weighted by atomic mass is 35.5. The van der Waals surface area contributed by atoms with Crippen LogP contribution in [-0.4, -0.2) is 170 Å². The van der Waals surface area contributed by atoms with Crippen molar-refractivity contribution in [2.45, 2.75) is 230 Å². The quantitative estimate of drug-likeness (QED) is 0.00423. The van der Waals surface area contributed by atoms with Crippen molar-refractivity contribution >= 4 is 128 Å². The van der Waals surface area contributed by atoms with E-state index in [2.05, 4.69) is 45.0 Å². The second-order valence-corrected chi connectivity index (χ2v) is 33.2. The number of ketones is 8. The lowest BCUT2D eigenvalue weighted by Gasteiger charge is -2.27. The van der Waals surface area contributed by atoms with Crippen LogP contribution in [0, 0.1) is 77.0 Å². The van der Waals surface area contributed by atoms with Crippen molar-refractivity contribution in [1.29, 1.82) is 0 Å². The molecule has 28 nitrogen and oxygen atoms in total. The van der Waals surface area contributed by atoms with Crippen LogP contribution >= 0.6 is 24.0 Å². The third-order valence-corrected chi connectivity index (χ3v) is 21.1. The Kier molecular flexibility index (Phi) is 47.0. The van der Waals surface area contributed by atoms with Crippen LogP contribution in [0.5, 0.6) is 11.5 Å². The molecule has 6 atom stereocenters. The fourth-order valence-corrected chi connectivity index (χ4v) is 15.0. The fourth-order valence-electron chi connectivity index (χ4n) is 14.8. The van der Waals surface area contributed by atoms with E-state index >= 15 is 0 Å². The number of benzene rings is 2. The number of H-pyrrole nitrogens is 2. The average Bonchev–Trinajstić information content (AvgIpc) is 1.29. The summed E-state index contributed by atoms with van der Waals surface area (Å²) < 4.78 is 176. The lowest BCUT2D eigenvalue weighted by Crippen LogP contribution is -2.47. The lowest BCUT2D eigenvalue weighted by atomic mass is 9.82. The Morgan fingerprint density at radius 1 is 0.544 bits per heavy atom. The van der Waals surface area contributed by atoms with Crippen molar-refractivity contribution in [3.63, 3.8) is 0 Å². The number of ether oxygens (including phenoxy) is 5. The highest BCUT2D eigenvalue weighted by Crippen LogP contribution is 2.39. The molecule has 0 spiro atoms. The number of alkyl halides is 13. The summed E-state index contributed by atoms with van der Waals surface area (Å²) in [5.41, 5.74) is 2.41. The van der Waals surface area contributed by atoms with Gasteiger partial charge in [0, 0.05) is 100 Å². The number of halogens is 14. The number of hydrogen-bond donors (Lipinski definition) is 6. The van der Waals surface area contributed by atoms with E-state index in [4.69, 9.17) is 36.7 Å². The van der Waals surface area contributed by atoms with Gasteiger partial charge in [-0.3, -0.25) is 62.9 Å². The number of aryl methyl sites for hydroxylation is 6. The second kappa shape index (κ2) is 54.1. The number of nitrogens with zero attached hydrogens (tertiary/aromatic N) is 3. The molecule has 2 aliphatic rings. The van der Waals surface area contributed by atoms with Crippen molar-refractivity contribution in [3.8, 4) is 11.5 Å². The molecule has 2 aliphatic carbocycles. The third-order valence-electron chi connectivity index (χ3n) is 20.9. The van der Waals surface area contributed by atoms with Gasteiger partial charge in [0.2, 0.25) is 17.6 Å². The Hall–Kier alpha value is -12.0. The van der Waals surface area contributed by atoms with E-state index in [-0.39, 0.29) is 149 Å². The Morgan fingerprint density at radius 2 is 0.912 bits per heavy atom. The van der Waals surface area contributed by atoms with Gasteiger partial charge in [-0.15, -0.1) is 24.0 Å². The molecule has 0 aliphatic heterocycles. The number of esters is 3. The molecule has 0 saturated heterocycles. The summed E-state index contributed by atoms with van der Waals surface area (Å²) in [5, 5.41) is 15.7. The van der Waals surface area contributed by atoms with Crippen molar-refractivity contribution in [2.24, 2.45) is 41.2 Å². The highest BCUT2D eigenvalue weighted by molar-refractivity contribution is 6.28. The second-order valence-electron chi connectivity index (χ2n) is 32.9. The number of aromatic nitrogens is 5. The first-order chi connectivity index (χ1) is 62.8. The topological polar surface area (TPSA) is 426 Å². The summed E-state index contributed by atoms with van der Waals surface area (Å²) in [4.78, 5) is 188. The molecule has 9 rings (SSSR count). The number of aromatic amines is 2. The van der Waals surface area contributed by atoms with E-state index in [0.29, 0.717) is 78.9 Å². The van der Waals surface area contributed by atoms with Gasteiger partial charge in [0.1, 0.15) is 28.8 Å². The number of carbonyl (C=O) groups is 14. The van der Waals surface area contributed by atoms with Gasteiger partial charge in [0.05, 0.1) is 114 Å². The first-order valence-electron chi connectivity index (χ1n) is 42.9. The van der Waals surface area contributed by atoms with Gasteiger partial charge in [0.15, 0.2) is 29.7 Å². The first kappa shape index (κ1) is 118. The minimum atomic E-state index is -4.88. The SMILES string of the molecule is CC(=O)CC(=O)C(F)(F)F.CCOC(=O)/C=C(\C)N.CCOC(=O)c1c(C(F)(F)F)cc(C)nc1C.COc1cccc2[nH]c(C(=O)C[C@@H](CC(C)C)C(=O)N[C@@H](C[C@@H]3CCCCC3=O)C(=O)CCl)cc12.COc1cccc2[nH]c(C(=O)C[C@@H](CC(C)C)C(=O)N[C@@H](C[C@@H]3CCCCC3=O)C(=O)COC(=O)c3c(C(F)(F)F)cc(C)nc3C)cc12.Cc1cc(C(F)(F)F)c(C(=O)O)c(C)n1.Cl. The van der Waals surface area contributed by atoms with Gasteiger partial charge < -0.3 is 55.1 Å². The predicted octanol–water partition coefficient (Wildman–Crippen LogP) is 18.6. The van der Waals surface area contributed by atoms with Gasteiger partial charge in [-0.2, -0.15) is 52.7 Å². The van der Waals surface area contributed by atoms with E-state index < -0.39 is 142 Å². The molecule has 42 heteroatoms. The van der Waals surface area contributed by atoms with E-state index in [9.17, 15) is 120 Å². The average molecular weight is 1970 g/mol. The van der Waals surface area contributed by atoms with Crippen LogP contribution in [0.1, 0.15) is 255 Å². The van der Waals surface area contributed by atoms with E-state index in [1.807, 2.05) is 45.9 Å². The van der Waals surface area contributed by atoms with Crippen LogP contribution in [0.4, 0.5) is 52.7 Å². The summed E-state index contributed by atoms with van der Waals surface area (Å²) in [6.45, 7) is 21.1. The number of carboxylic acid groups (broad SMARTS) is 1. The molecular weight excluding hydrogens is 1860 g/mol. The number of pyridine rings is 3. The number of aromatic carboxylic acids is 1. The first-order valence-corrected chi connectivity index (χ1v) is 43.4. The molecule has 5 aromatic heterocycles. The van der Waals surface area contributed by atoms with Gasteiger partial charge in [-0.05, 0) is 187 Å². The van der Waals surface area contributed by atoms with E-state index in [0.717, 1.165) is 61.7 Å². The minimum absolute atomic E-state index is 0. The van der Waals surface area contributed by atoms with Crippen LogP contribution in [0.15, 0.2) is 78.5 Å². The van der Waals surface area contributed by atoms with Crippen molar-refractivity contribution in [2.75, 3.05) is 39.9 Å². The molecule has 7 aromatic rings. The van der Waals surface area contributed by atoms with Crippen LogP contribution in [0.25, 0.3) is 21.8 Å². The summed E-state index contributed by atoms with van der Waals surface area (Å²) in [6.07, 6.45) is -12.7. The lowest BCUT2D eigenvalue weighted by molar-refractivity contribution is -0.171. The van der Waals surface area contributed by atoms with Crippen molar-refractivity contribution < 1.29 is 149 Å². The zero-order valence-electron chi connectivity index (χ0n) is 77.9. The van der Waals surface area contributed by atoms with Crippen LogP contribution in [0.3, 0.4) is 0 Å². The van der Waals surface area contributed by atoms with Gasteiger partial charge in [0.25, 0.3) is 0 Å². The molecule has 2 saturated carbocycles. The number of carboxylic acids is 1. The number of hydrogen-bond acceptors (Lipinski definition) is 23. The molecule has 748 valence electrons. The van der Waals surface area contributed by atoms with Crippen LogP contribution < -0.4 is 25.8 Å². The zero-order chi connectivity index (χ0) is 102. The molecule has 7 N–H and O–H groups in total. The summed E-state index contributed by atoms with van der Waals surface area (Å²) >= 11 is 5.82. The monoisotopic (exact) mass is 1970 g/mol. The number of amides is 2. The normalized spacial score (nSPS) is 14.7. The molecule has 5 heterocycles. The standard InChI is InChI=1S/C36H42F3N3O7.C27H35ClN2O5.C11H12F3NO2.C9H8F3NO2.C6H11NO2.C5H5F3O2.ClH/c1-19(2)13-23(16-30(44)28-17-24-26(41-28)10-8-12-32(24)48-5)34(46)42-27(15-22-9-6-7-11-29(22)43)31(45)18-49-35(47)33-21(4)40-20(3)14-25(33)36(37,38)39;1-16(2)11-18(13-24(32)22-14-19-20(29-22)8-6-10-26(19)35-3)27(34)30-21(25(33)15-28)12-17-7-4-5-9-23(17)31;1-4-17-10(16)9-7(3)15-6(2)5-8(9)11(12,13)14;1-4-3-6(9(10,11)12)7(8(14)15)5(2)13-4;1-3-9-6(8)4-5(2)7;1-3(9)2-4(10)5(6,7)8;/h8,10,12,14,17,19,22-23,27,41H,6-7,9,11,13,15-16,18H2,1-5H3,(H,42,46);6,8,10,14,16-18,21,29H,4-5,7,9,11-13,15H2,1-3H3,(H,30,34);5H,4H2,1-3H3;3H,1-2H3,(H,14,15);4H,3,7H2,1-2H3;2H2,1H3;1H/b;;;;5-4+;;/t22-,23+,27-;17-,18+,21-;;;;;/m00...../s1. The molecule has 136 heavy (non-hydrogen) atoms.